The summed E-state index contributed by atoms with van der Waals surface area (Å²) < 4.78 is 18.1. The number of hydrogen-bond acceptors (Lipinski definition) is 5. The minimum atomic E-state index is -0.727. The van der Waals surface area contributed by atoms with Crippen LogP contribution in [0.4, 0.5) is 15.8 Å². The Morgan fingerprint density at radius 3 is 2.70 bits per heavy atom. The van der Waals surface area contributed by atoms with Crippen molar-refractivity contribution in [1.29, 1.82) is 0 Å². The summed E-state index contributed by atoms with van der Waals surface area (Å²) in [5, 5.41) is 11.0. The second-order valence-corrected chi connectivity index (χ2v) is 4.86. The summed E-state index contributed by atoms with van der Waals surface area (Å²) in [6.45, 7) is 2.14. The molecule has 0 unspecified atom stereocenters. The summed E-state index contributed by atoms with van der Waals surface area (Å²) in [4.78, 5) is 23.2. The summed E-state index contributed by atoms with van der Waals surface area (Å²) in [5.74, 6) is -1.25. The SMILES string of the molecule is CCCN(CC(=O)OC)c1cc(Br)c(F)cc1[N+](=O)[O-]. The molecule has 0 heterocycles. The number of methoxy groups -OCH3 is 1. The van der Waals surface area contributed by atoms with E-state index in [1.54, 1.807) is 0 Å². The van der Waals surface area contributed by atoms with Crippen LogP contribution in [-0.4, -0.2) is 31.1 Å². The van der Waals surface area contributed by atoms with Crippen molar-refractivity contribution in [3.05, 3.63) is 32.5 Å². The van der Waals surface area contributed by atoms with Gasteiger partial charge in [-0.2, -0.15) is 0 Å². The molecule has 0 radical (unpaired) electrons. The van der Waals surface area contributed by atoms with E-state index < -0.39 is 16.7 Å². The molecule has 0 atom stereocenters. The summed E-state index contributed by atoms with van der Waals surface area (Å²) in [6, 6.07) is 2.13. The standard InChI is InChI=1S/C12H14BrFN2O4/c1-3-4-15(7-12(17)20-2)10-5-8(13)9(14)6-11(10)16(18)19/h5-6H,3-4,7H2,1-2H3. The molecule has 0 amide bonds. The molecule has 1 aromatic rings. The lowest BCUT2D eigenvalue weighted by atomic mass is 10.2. The van der Waals surface area contributed by atoms with Gasteiger partial charge in [-0.05, 0) is 28.4 Å². The topological polar surface area (TPSA) is 72.7 Å². The Hall–Kier alpha value is -1.70. The number of hydrogen-bond donors (Lipinski definition) is 0. The van der Waals surface area contributed by atoms with Crippen molar-refractivity contribution in [3.63, 3.8) is 0 Å². The van der Waals surface area contributed by atoms with E-state index in [2.05, 4.69) is 20.7 Å². The average molecular weight is 349 g/mol. The molecular formula is C12H14BrFN2O4. The van der Waals surface area contributed by atoms with Crippen LogP contribution in [0.2, 0.25) is 0 Å². The van der Waals surface area contributed by atoms with Crippen molar-refractivity contribution in [3.8, 4) is 0 Å². The summed E-state index contributed by atoms with van der Waals surface area (Å²) in [5.41, 5.74) is -0.210. The maximum absolute atomic E-state index is 13.4. The predicted molar refractivity (Wildman–Crippen MR) is 75.3 cm³/mol. The van der Waals surface area contributed by atoms with Crippen LogP contribution < -0.4 is 4.90 Å². The van der Waals surface area contributed by atoms with Crippen LogP contribution in [0.15, 0.2) is 16.6 Å². The first-order valence-electron chi connectivity index (χ1n) is 5.85. The number of benzene rings is 1. The van der Waals surface area contributed by atoms with Crippen LogP contribution >= 0.6 is 15.9 Å². The number of nitro groups is 1. The van der Waals surface area contributed by atoms with Gasteiger partial charge in [0.25, 0.3) is 5.69 Å². The van der Waals surface area contributed by atoms with Gasteiger partial charge < -0.3 is 9.64 Å². The number of nitro benzene ring substituents is 1. The minimum Gasteiger partial charge on any atom is -0.468 e. The van der Waals surface area contributed by atoms with E-state index in [1.807, 2.05) is 6.92 Å². The second-order valence-electron chi connectivity index (χ2n) is 4.01. The molecule has 0 saturated carbocycles. The highest BCUT2D eigenvalue weighted by Crippen LogP contribution is 2.33. The minimum absolute atomic E-state index is 0.101. The molecule has 0 aromatic heterocycles. The molecule has 0 bridgehead atoms. The molecule has 0 fully saturated rings. The summed E-state index contributed by atoms with van der Waals surface area (Å²) >= 11 is 2.99. The lowest BCUT2D eigenvalue weighted by Gasteiger charge is -2.22. The zero-order chi connectivity index (χ0) is 15.3. The molecule has 20 heavy (non-hydrogen) atoms. The van der Waals surface area contributed by atoms with E-state index >= 15 is 0 Å². The van der Waals surface area contributed by atoms with Crippen LogP contribution in [0.5, 0.6) is 0 Å². The zero-order valence-corrected chi connectivity index (χ0v) is 12.6. The largest absolute Gasteiger partial charge is 0.468 e. The third-order valence-electron chi connectivity index (χ3n) is 2.60. The van der Waals surface area contributed by atoms with E-state index in [0.29, 0.717) is 13.0 Å². The molecule has 0 aliphatic carbocycles. The van der Waals surface area contributed by atoms with Crippen molar-refractivity contribution in [2.24, 2.45) is 0 Å². The van der Waals surface area contributed by atoms with Gasteiger partial charge >= 0.3 is 5.97 Å². The quantitative estimate of drug-likeness (QED) is 0.449. The number of nitrogens with zero attached hydrogens (tertiary/aromatic N) is 2. The van der Waals surface area contributed by atoms with E-state index in [9.17, 15) is 19.3 Å². The fourth-order valence-corrected chi connectivity index (χ4v) is 2.03. The summed E-state index contributed by atoms with van der Waals surface area (Å²) in [7, 11) is 1.24. The van der Waals surface area contributed by atoms with Crippen molar-refractivity contribution in [2.75, 3.05) is 25.1 Å². The van der Waals surface area contributed by atoms with Gasteiger partial charge in [-0.15, -0.1) is 0 Å². The summed E-state index contributed by atoms with van der Waals surface area (Å²) in [6.07, 6.45) is 0.670. The third kappa shape index (κ3) is 3.89. The van der Waals surface area contributed by atoms with Gasteiger partial charge in [-0.25, -0.2) is 4.39 Å². The van der Waals surface area contributed by atoms with Gasteiger partial charge in [0, 0.05) is 6.54 Å². The first-order valence-corrected chi connectivity index (χ1v) is 6.65. The first-order chi connectivity index (χ1) is 9.40. The van der Waals surface area contributed by atoms with Crippen LogP contribution in [0, 0.1) is 15.9 Å². The maximum Gasteiger partial charge on any atom is 0.325 e. The lowest BCUT2D eigenvalue weighted by Crippen LogP contribution is -2.31. The van der Waals surface area contributed by atoms with Crippen LogP contribution in [0.25, 0.3) is 0 Å². The number of esters is 1. The van der Waals surface area contributed by atoms with E-state index in [0.717, 1.165) is 6.07 Å². The van der Waals surface area contributed by atoms with Crippen molar-refractivity contribution < 1.29 is 18.8 Å². The van der Waals surface area contributed by atoms with Gasteiger partial charge in [0.05, 0.1) is 22.6 Å². The molecular weight excluding hydrogens is 335 g/mol. The third-order valence-corrected chi connectivity index (χ3v) is 3.20. The fraction of sp³-hybridized carbons (Fsp3) is 0.417. The number of carbonyl (C=O) groups excluding carboxylic acids is 1. The van der Waals surface area contributed by atoms with Crippen LogP contribution in [0.1, 0.15) is 13.3 Å². The Kier molecular flexibility index (Phi) is 5.87. The molecule has 6 nitrogen and oxygen atoms in total. The first kappa shape index (κ1) is 16.4. The molecule has 0 spiro atoms. The Morgan fingerprint density at radius 1 is 1.55 bits per heavy atom. The van der Waals surface area contributed by atoms with Gasteiger partial charge in [-0.3, -0.25) is 14.9 Å². The molecule has 1 aromatic carbocycles. The van der Waals surface area contributed by atoms with E-state index in [4.69, 9.17) is 0 Å². The van der Waals surface area contributed by atoms with Crippen molar-refractivity contribution in [2.45, 2.75) is 13.3 Å². The lowest BCUT2D eigenvalue weighted by molar-refractivity contribution is -0.384. The van der Waals surface area contributed by atoms with E-state index in [1.165, 1.54) is 18.1 Å². The maximum atomic E-state index is 13.4. The van der Waals surface area contributed by atoms with E-state index in [-0.39, 0.29) is 22.4 Å². The normalized spacial score (nSPS) is 10.2. The smallest absolute Gasteiger partial charge is 0.325 e. The molecule has 0 saturated heterocycles. The molecule has 0 N–H and O–H groups in total. The highest BCUT2D eigenvalue weighted by atomic mass is 79.9. The average Bonchev–Trinajstić information content (AvgIpc) is 2.40. The fourth-order valence-electron chi connectivity index (χ4n) is 1.70. The molecule has 0 aliphatic rings. The number of carbonyl (C=O) groups is 1. The number of anilines is 1. The predicted octanol–water partition coefficient (Wildman–Crippen LogP) is 2.89. The second kappa shape index (κ2) is 7.18. The van der Waals surface area contributed by atoms with Gasteiger partial charge in [0.2, 0.25) is 0 Å². The Balaban J connectivity index is 3.26. The Labute approximate surface area is 123 Å². The molecule has 110 valence electrons. The highest BCUT2D eigenvalue weighted by Gasteiger charge is 2.23. The molecule has 0 aliphatic heterocycles. The van der Waals surface area contributed by atoms with Crippen LogP contribution in [-0.2, 0) is 9.53 Å². The van der Waals surface area contributed by atoms with Gasteiger partial charge in [0.15, 0.2) is 0 Å². The monoisotopic (exact) mass is 348 g/mol. The van der Waals surface area contributed by atoms with Crippen LogP contribution in [0.3, 0.4) is 0 Å². The Bertz CT molecular complexity index is 524. The van der Waals surface area contributed by atoms with Gasteiger partial charge in [-0.1, -0.05) is 6.92 Å². The van der Waals surface area contributed by atoms with Gasteiger partial charge in [0.1, 0.15) is 18.0 Å². The Morgan fingerprint density at radius 2 is 2.20 bits per heavy atom. The van der Waals surface area contributed by atoms with Crippen molar-refractivity contribution in [1.82, 2.24) is 0 Å². The molecule has 1 rings (SSSR count). The highest BCUT2D eigenvalue weighted by molar-refractivity contribution is 9.10. The number of halogens is 2. The zero-order valence-electron chi connectivity index (χ0n) is 11.1. The number of ether oxygens (including phenoxy) is 1. The van der Waals surface area contributed by atoms with Crippen molar-refractivity contribution >= 4 is 33.3 Å². The molecule has 8 heteroatoms. The number of rotatable bonds is 6.